The van der Waals surface area contributed by atoms with Gasteiger partial charge in [0, 0.05) is 10.9 Å². The van der Waals surface area contributed by atoms with E-state index in [2.05, 4.69) is 13.0 Å². The van der Waals surface area contributed by atoms with Crippen molar-refractivity contribution in [2.24, 2.45) is 5.73 Å². The Hall–Kier alpha value is -1.36. The highest BCUT2D eigenvalue weighted by atomic mass is 32.1. The highest BCUT2D eigenvalue weighted by Gasteiger charge is 2.21. The van der Waals surface area contributed by atoms with Gasteiger partial charge in [-0.3, -0.25) is 0 Å². The van der Waals surface area contributed by atoms with E-state index in [1.165, 1.54) is 5.56 Å². The third kappa shape index (κ3) is 3.35. The van der Waals surface area contributed by atoms with E-state index in [1.54, 1.807) is 11.3 Å². The fourth-order valence-corrected chi connectivity index (χ4v) is 3.01. The van der Waals surface area contributed by atoms with Crippen LogP contribution in [0.15, 0.2) is 35.7 Å². The topological polar surface area (TPSA) is 55.5 Å². The van der Waals surface area contributed by atoms with E-state index < -0.39 is 0 Å². The van der Waals surface area contributed by atoms with Crippen LogP contribution in [0, 0.1) is 6.92 Å². The van der Waals surface area contributed by atoms with Crippen LogP contribution in [0.2, 0.25) is 0 Å². The highest BCUT2D eigenvalue weighted by molar-refractivity contribution is 7.10. The molecule has 2 rings (SSSR count). The summed E-state index contributed by atoms with van der Waals surface area (Å²) < 4.78 is 6.02. The van der Waals surface area contributed by atoms with Crippen molar-refractivity contribution >= 4 is 11.3 Å². The van der Waals surface area contributed by atoms with E-state index in [4.69, 9.17) is 15.6 Å². The second-order valence-electron chi connectivity index (χ2n) is 4.67. The summed E-state index contributed by atoms with van der Waals surface area (Å²) in [4.78, 5) is 1.16. The Balaban J connectivity index is 2.24. The molecule has 3 N–H and O–H groups in total. The van der Waals surface area contributed by atoms with Crippen LogP contribution in [0.1, 0.15) is 29.0 Å². The lowest BCUT2D eigenvalue weighted by Gasteiger charge is -2.22. The molecule has 102 valence electrons. The zero-order valence-electron chi connectivity index (χ0n) is 11.2. The fraction of sp³-hybridized carbons (Fsp3) is 0.333. The molecular weight excluding hydrogens is 258 g/mol. The number of hydrogen-bond acceptors (Lipinski definition) is 4. The minimum atomic E-state index is -0.158. The molecular formula is C15H19NO2S. The summed E-state index contributed by atoms with van der Waals surface area (Å²) in [6.07, 6.45) is -0.158. The summed E-state index contributed by atoms with van der Waals surface area (Å²) in [6.45, 7) is 4.02. The summed E-state index contributed by atoms with van der Waals surface area (Å²) in [6, 6.07) is 9.44. The molecule has 2 unspecified atom stereocenters. The lowest BCUT2D eigenvalue weighted by Crippen LogP contribution is -2.28. The molecule has 1 heterocycles. The number of aryl methyl sites for hydroxylation is 1. The van der Waals surface area contributed by atoms with Crippen molar-refractivity contribution < 1.29 is 9.84 Å². The van der Waals surface area contributed by atoms with Gasteiger partial charge in [-0.2, -0.15) is 0 Å². The normalized spacial score (nSPS) is 14.1. The van der Waals surface area contributed by atoms with Gasteiger partial charge in [0.1, 0.15) is 11.9 Å². The Morgan fingerprint density at radius 3 is 2.74 bits per heavy atom. The van der Waals surface area contributed by atoms with E-state index >= 15 is 0 Å². The van der Waals surface area contributed by atoms with Crippen molar-refractivity contribution in [3.63, 3.8) is 0 Å². The van der Waals surface area contributed by atoms with Gasteiger partial charge in [-0.05, 0) is 48.6 Å². The Morgan fingerprint density at radius 2 is 2.16 bits per heavy atom. The van der Waals surface area contributed by atoms with Crippen molar-refractivity contribution in [1.29, 1.82) is 0 Å². The summed E-state index contributed by atoms with van der Waals surface area (Å²) in [5.41, 5.74) is 8.08. The second-order valence-corrected chi connectivity index (χ2v) is 5.62. The minimum Gasteiger partial charge on any atom is -0.483 e. The zero-order chi connectivity index (χ0) is 13.8. The van der Waals surface area contributed by atoms with E-state index in [-0.39, 0.29) is 18.8 Å². The molecule has 1 aromatic carbocycles. The van der Waals surface area contributed by atoms with Gasteiger partial charge in [-0.25, -0.2) is 0 Å². The van der Waals surface area contributed by atoms with Crippen LogP contribution in [0.25, 0.3) is 0 Å². The molecule has 0 saturated heterocycles. The van der Waals surface area contributed by atoms with Gasteiger partial charge < -0.3 is 15.6 Å². The molecule has 0 radical (unpaired) electrons. The molecule has 0 bridgehead atoms. The quantitative estimate of drug-likeness (QED) is 0.883. The standard InChI is InChI=1S/C15H19NO2S/c1-10-6-7-19-15(10)14(11(2)16)18-13-5-3-4-12(8-13)9-17/h3-8,11,14,17H,9,16H2,1-2H3. The van der Waals surface area contributed by atoms with Crippen molar-refractivity contribution in [2.75, 3.05) is 0 Å². The predicted molar refractivity (Wildman–Crippen MR) is 78.4 cm³/mol. The first kappa shape index (κ1) is 14.1. The molecule has 2 aromatic rings. The summed E-state index contributed by atoms with van der Waals surface area (Å²) in [7, 11) is 0. The first-order valence-electron chi connectivity index (χ1n) is 6.28. The number of rotatable bonds is 5. The van der Waals surface area contributed by atoms with Gasteiger partial charge in [0.25, 0.3) is 0 Å². The molecule has 4 heteroatoms. The van der Waals surface area contributed by atoms with E-state index in [9.17, 15) is 0 Å². The second kappa shape index (κ2) is 6.19. The molecule has 3 nitrogen and oxygen atoms in total. The largest absolute Gasteiger partial charge is 0.483 e. The summed E-state index contributed by atoms with van der Waals surface area (Å²) in [5.74, 6) is 0.738. The van der Waals surface area contributed by atoms with Crippen LogP contribution in [0.5, 0.6) is 5.75 Å². The molecule has 1 aromatic heterocycles. The smallest absolute Gasteiger partial charge is 0.148 e. The van der Waals surface area contributed by atoms with Crippen LogP contribution in [0.3, 0.4) is 0 Å². The first-order valence-corrected chi connectivity index (χ1v) is 7.16. The maximum atomic E-state index is 9.16. The van der Waals surface area contributed by atoms with Gasteiger partial charge in [-0.1, -0.05) is 12.1 Å². The SMILES string of the molecule is Cc1ccsc1C(Oc1cccc(CO)c1)C(C)N. The van der Waals surface area contributed by atoms with Crippen LogP contribution in [-0.2, 0) is 6.61 Å². The Morgan fingerprint density at radius 1 is 1.37 bits per heavy atom. The zero-order valence-corrected chi connectivity index (χ0v) is 12.0. The van der Waals surface area contributed by atoms with Crippen LogP contribution in [0.4, 0.5) is 0 Å². The molecule has 0 fully saturated rings. The molecule has 19 heavy (non-hydrogen) atoms. The number of aliphatic hydroxyl groups excluding tert-OH is 1. The number of ether oxygens (including phenoxy) is 1. The van der Waals surface area contributed by atoms with Gasteiger partial charge in [0.2, 0.25) is 0 Å². The number of thiophene rings is 1. The average molecular weight is 277 g/mol. The van der Waals surface area contributed by atoms with E-state index in [0.29, 0.717) is 0 Å². The van der Waals surface area contributed by atoms with Gasteiger partial charge >= 0.3 is 0 Å². The van der Waals surface area contributed by atoms with Gasteiger partial charge in [0.05, 0.1) is 6.61 Å². The summed E-state index contributed by atoms with van der Waals surface area (Å²) in [5, 5.41) is 11.2. The third-order valence-electron chi connectivity index (χ3n) is 2.98. The molecule has 2 atom stereocenters. The number of benzene rings is 1. The van der Waals surface area contributed by atoms with Gasteiger partial charge in [-0.15, -0.1) is 11.3 Å². The molecule has 0 aliphatic heterocycles. The monoisotopic (exact) mass is 277 g/mol. The molecule has 0 amide bonds. The third-order valence-corrected chi connectivity index (χ3v) is 4.06. The van der Waals surface area contributed by atoms with Crippen molar-refractivity contribution in [3.05, 3.63) is 51.7 Å². The van der Waals surface area contributed by atoms with Crippen LogP contribution >= 0.6 is 11.3 Å². The van der Waals surface area contributed by atoms with E-state index in [1.807, 2.05) is 36.6 Å². The predicted octanol–water partition coefficient (Wildman–Crippen LogP) is 3.02. The average Bonchev–Trinajstić information content (AvgIpc) is 2.82. The molecule has 0 aliphatic carbocycles. The summed E-state index contributed by atoms with van der Waals surface area (Å²) >= 11 is 1.66. The Bertz CT molecular complexity index is 536. The Labute approximate surface area is 117 Å². The molecule has 0 spiro atoms. The van der Waals surface area contributed by atoms with E-state index in [0.717, 1.165) is 16.2 Å². The van der Waals surface area contributed by atoms with Crippen LogP contribution < -0.4 is 10.5 Å². The Kier molecular flexibility index (Phi) is 4.58. The molecule has 0 aliphatic rings. The molecule has 0 saturated carbocycles. The van der Waals surface area contributed by atoms with Crippen LogP contribution in [-0.4, -0.2) is 11.1 Å². The highest BCUT2D eigenvalue weighted by Crippen LogP contribution is 2.30. The maximum Gasteiger partial charge on any atom is 0.148 e. The fourth-order valence-electron chi connectivity index (χ4n) is 1.94. The minimum absolute atomic E-state index is 0.0120. The number of aliphatic hydroxyl groups is 1. The van der Waals surface area contributed by atoms with Gasteiger partial charge in [0.15, 0.2) is 0 Å². The lowest BCUT2D eigenvalue weighted by atomic mass is 10.1. The number of hydrogen-bond donors (Lipinski definition) is 2. The van der Waals surface area contributed by atoms with Crippen molar-refractivity contribution in [2.45, 2.75) is 32.6 Å². The lowest BCUT2D eigenvalue weighted by molar-refractivity contribution is 0.183. The van der Waals surface area contributed by atoms with Crippen molar-refractivity contribution in [3.8, 4) is 5.75 Å². The number of nitrogens with two attached hydrogens (primary N) is 1. The first-order chi connectivity index (χ1) is 9.11. The maximum absolute atomic E-state index is 9.16. The van der Waals surface area contributed by atoms with Crippen molar-refractivity contribution in [1.82, 2.24) is 0 Å².